The topological polar surface area (TPSA) is 74.7 Å². The van der Waals surface area contributed by atoms with Crippen LogP contribution in [-0.4, -0.2) is 36.7 Å². The number of unbranched alkanes of at least 4 members (excludes halogenated alkanes) is 2. The lowest BCUT2D eigenvalue weighted by Gasteiger charge is -2.22. The van der Waals surface area contributed by atoms with Gasteiger partial charge in [-0.25, -0.2) is 14.6 Å². The zero-order chi connectivity index (χ0) is 24.2. The van der Waals surface area contributed by atoms with Gasteiger partial charge in [0.15, 0.2) is 0 Å². The Hall–Kier alpha value is -2.41. The Labute approximate surface area is 205 Å². The average Bonchev–Trinajstić information content (AvgIpc) is 2.80. The molecular weight excluding hydrogens is 486 g/mol. The van der Waals surface area contributed by atoms with E-state index in [0.717, 1.165) is 42.1 Å². The van der Waals surface area contributed by atoms with Crippen LogP contribution >= 0.6 is 15.9 Å². The molecule has 0 aliphatic heterocycles. The molecule has 0 aliphatic carbocycles. The van der Waals surface area contributed by atoms with Crippen LogP contribution in [0.1, 0.15) is 97.7 Å². The number of hydrogen-bond donors (Lipinski definition) is 0. The van der Waals surface area contributed by atoms with Crippen LogP contribution in [0.3, 0.4) is 0 Å². The monoisotopic (exact) mass is 519 g/mol. The predicted molar refractivity (Wildman–Crippen MR) is 132 cm³/mol. The fourth-order valence-electron chi connectivity index (χ4n) is 3.49. The lowest BCUT2D eigenvalue weighted by Crippen LogP contribution is -2.18. The van der Waals surface area contributed by atoms with Crippen LogP contribution in [-0.2, 0) is 9.47 Å². The number of esters is 2. The Balaban J connectivity index is 2.70. The van der Waals surface area contributed by atoms with Gasteiger partial charge in [-0.1, -0.05) is 61.2 Å². The second-order valence-corrected chi connectivity index (χ2v) is 8.58. The molecule has 1 unspecified atom stereocenters. The minimum absolute atomic E-state index is 0.143. The van der Waals surface area contributed by atoms with E-state index in [4.69, 9.17) is 19.2 Å². The molecule has 1 heterocycles. The van der Waals surface area contributed by atoms with Crippen LogP contribution in [0.25, 0.3) is 0 Å². The maximum absolute atomic E-state index is 13.0. The first kappa shape index (κ1) is 26.8. The summed E-state index contributed by atoms with van der Waals surface area (Å²) in [6, 6.07) is 9.53. The highest BCUT2D eigenvalue weighted by Crippen LogP contribution is 2.35. The highest BCUT2D eigenvalue weighted by Gasteiger charge is 2.28. The van der Waals surface area contributed by atoms with Gasteiger partial charge in [-0.3, -0.25) is 0 Å². The molecule has 1 aromatic carbocycles. The van der Waals surface area contributed by atoms with E-state index in [9.17, 15) is 9.59 Å². The second kappa shape index (κ2) is 14.0. The summed E-state index contributed by atoms with van der Waals surface area (Å²) in [4.78, 5) is 30.4. The number of pyridine rings is 1. The van der Waals surface area contributed by atoms with Gasteiger partial charge in [0, 0.05) is 10.4 Å². The first-order chi connectivity index (χ1) is 16.0. The van der Waals surface area contributed by atoms with Crippen LogP contribution in [0.5, 0.6) is 5.88 Å². The Morgan fingerprint density at radius 3 is 2.09 bits per heavy atom. The van der Waals surface area contributed by atoms with Gasteiger partial charge < -0.3 is 14.2 Å². The molecule has 180 valence electrons. The summed E-state index contributed by atoms with van der Waals surface area (Å²) >= 11 is 3.49. The van der Waals surface area contributed by atoms with Crippen molar-refractivity contribution < 1.29 is 23.8 Å². The van der Waals surface area contributed by atoms with Gasteiger partial charge in [0.25, 0.3) is 0 Å². The summed E-state index contributed by atoms with van der Waals surface area (Å²) in [5, 5.41) is 0. The highest BCUT2D eigenvalue weighted by atomic mass is 79.9. The van der Waals surface area contributed by atoms with Crippen molar-refractivity contribution in [2.24, 2.45) is 0 Å². The van der Waals surface area contributed by atoms with E-state index in [1.54, 1.807) is 13.8 Å². The van der Waals surface area contributed by atoms with Crippen molar-refractivity contribution >= 4 is 27.9 Å². The van der Waals surface area contributed by atoms with Gasteiger partial charge in [0.2, 0.25) is 5.88 Å². The molecule has 0 N–H and O–H groups in total. The third-order valence-corrected chi connectivity index (χ3v) is 5.72. The number of halogens is 1. The third-order valence-electron chi connectivity index (χ3n) is 5.19. The predicted octanol–water partition coefficient (Wildman–Crippen LogP) is 6.70. The smallest absolute Gasteiger partial charge is 0.343 e. The summed E-state index contributed by atoms with van der Waals surface area (Å²) in [6.07, 6.45) is 4.52. The molecule has 0 bridgehead atoms. The average molecular weight is 520 g/mol. The summed E-state index contributed by atoms with van der Waals surface area (Å²) in [7, 11) is 0. The molecule has 1 aromatic heterocycles. The molecule has 0 fully saturated rings. The van der Waals surface area contributed by atoms with Gasteiger partial charge in [-0.2, -0.15) is 0 Å². The third kappa shape index (κ3) is 7.56. The summed E-state index contributed by atoms with van der Waals surface area (Å²) in [5.74, 6) is -1.03. The van der Waals surface area contributed by atoms with Crippen LogP contribution in [0.4, 0.5) is 0 Å². The minimum atomic E-state index is -0.567. The van der Waals surface area contributed by atoms with Crippen molar-refractivity contribution in [3.8, 4) is 5.88 Å². The maximum atomic E-state index is 13.0. The number of aromatic nitrogens is 1. The van der Waals surface area contributed by atoms with Gasteiger partial charge >= 0.3 is 11.9 Å². The van der Waals surface area contributed by atoms with Crippen molar-refractivity contribution in [1.82, 2.24) is 4.98 Å². The maximum Gasteiger partial charge on any atom is 0.343 e. The number of ether oxygens (including phenoxy) is 3. The fraction of sp³-hybridized carbons (Fsp3) is 0.500. The van der Waals surface area contributed by atoms with Crippen molar-refractivity contribution in [3.63, 3.8) is 0 Å². The van der Waals surface area contributed by atoms with Crippen LogP contribution < -0.4 is 4.74 Å². The van der Waals surface area contributed by atoms with Gasteiger partial charge in [-0.15, -0.1) is 0 Å². The largest absolute Gasteiger partial charge is 0.477 e. The normalized spacial score (nSPS) is 11.7. The molecule has 0 spiro atoms. The molecule has 0 radical (unpaired) electrons. The highest BCUT2D eigenvalue weighted by molar-refractivity contribution is 9.10. The molecule has 33 heavy (non-hydrogen) atoms. The van der Waals surface area contributed by atoms with Gasteiger partial charge in [0.1, 0.15) is 5.56 Å². The van der Waals surface area contributed by atoms with E-state index in [0.29, 0.717) is 12.3 Å². The Bertz CT molecular complexity index is 914. The molecule has 0 saturated carbocycles. The standard InChI is InChI=1S/C26H34BrNO5/c1-5-9-11-20(18-12-14-19(27)15-13-18)23-21(25(29)31-7-3)17-22(26(30)32-8-4)24(28-23)33-16-10-6-2/h12-15,17,20H,5-11,16H2,1-4H3. The Morgan fingerprint density at radius 2 is 1.52 bits per heavy atom. The van der Waals surface area contributed by atoms with Crippen LogP contribution in [0, 0.1) is 0 Å². The fourth-order valence-corrected chi connectivity index (χ4v) is 3.76. The lowest BCUT2D eigenvalue weighted by molar-refractivity contribution is 0.0519. The Kier molecular flexibility index (Phi) is 11.4. The number of carbonyl (C=O) groups excluding carboxylic acids is 2. The van der Waals surface area contributed by atoms with Crippen molar-refractivity contribution in [3.05, 3.63) is 57.2 Å². The first-order valence-electron chi connectivity index (χ1n) is 11.7. The summed E-state index contributed by atoms with van der Waals surface area (Å²) in [5.41, 5.74) is 2.01. The number of nitrogens with zero attached hydrogens (tertiary/aromatic N) is 1. The molecule has 0 amide bonds. The number of carbonyl (C=O) groups is 2. The number of rotatable bonds is 13. The molecule has 2 rings (SSSR count). The second-order valence-electron chi connectivity index (χ2n) is 7.66. The molecule has 0 saturated heterocycles. The molecule has 1 atom stereocenters. The zero-order valence-corrected chi connectivity index (χ0v) is 21.6. The van der Waals surface area contributed by atoms with E-state index in [1.807, 2.05) is 24.3 Å². The van der Waals surface area contributed by atoms with Crippen molar-refractivity contribution in [2.45, 2.75) is 65.7 Å². The molecule has 0 aliphatic rings. The van der Waals surface area contributed by atoms with Crippen molar-refractivity contribution in [1.29, 1.82) is 0 Å². The lowest BCUT2D eigenvalue weighted by atomic mass is 9.87. The van der Waals surface area contributed by atoms with E-state index in [2.05, 4.69) is 29.8 Å². The van der Waals surface area contributed by atoms with Crippen LogP contribution in [0.15, 0.2) is 34.8 Å². The summed E-state index contributed by atoms with van der Waals surface area (Å²) in [6.45, 7) is 8.53. The molecular formula is C26H34BrNO5. The molecule has 7 heteroatoms. The minimum Gasteiger partial charge on any atom is -0.477 e. The molecule has 6 nitrogen and oxygen atoms in total. The van der Waals surface area contributed by atoms with E-state index in [-0.39, 0.29) is 36.1 Å². The van der Waals surface area contributed by atoms with Gasteiger partial charge in [0.05, 0.1) is 31.1 Å². The summed E-state index contributed by atoms with van der Waals surface area (Å²) < 4.78 is 17.4. The number of hydrogen-bond acceptors (Lipinski definition) is 6. The van der Waals surface area contributed by atoms with E-state index >= 15 is 0 Å². The SMILES string of the molecule is CCCCOc1nc(C(CCCC)c2ccc(Br)cc2)c(C(=O)OCC)cc1C(=O)OCC. The van der Waals surface area contributed by atoms with E-state index in [1.165, 1.54) is 6.07 Å². The Morgan fingerprint density at radius 1 is 0.909 bits per heavy atom. The zero-order valence-electron chi connectivity index (χ0n) is 20.0. The van der Waals surface area contributed by atoms with Gasteiger partial charge in [-0.05, 0) is 50.5 Å². The first-order valence-corrected chi connectivity index (χ1v) is 12.5. The van der Waals surface area contributed by atoms with Crippen molar-refractivity contribution in [2.75, 3.05) is 19.8 Å². The quantitative estimate of drug-likeness (QED) is 0.216. The molecule has 2 aromatic rings. The van der Waals surface area contributed by atoms with E-state index < -0.39 is 11.9 Å². The van der Waals surface area contributed by atoms with Crippen LogP contribution in [0.2, 0.25) is 0 Å². The number of benzene rings is 1.